The van der Waals surface area contributed by atoms with Crippen molar-refractivity contribution in [2.45, 2.75) is 64.7 Å². The normalized spacial score (nSPS) is 15.3. The molecule has 3 heteroatoms. The molecule has 3 nitrogen and oxygen atoms in total. The van der Waals surface area contributed by atoms with Crippen molar-refractivity contribution in [1.82, 2.24) is 9.97 Å². The minimum absolute atomic E-state index is 0.202. The molecule has 0 saturated carbocycles. The molecular formula is C76H61N3. The van der Waals surface area contributed by atoms with Crippen LogP contribution in [0.1, 0.15) is 93.0 Å². The third-order valence-electron chi connectivity index (χ3n) is 18.4. The Hall–Kier alpha value is -9.18. The van der Waals surface area contributed by atoms with Gasteiger partial charge in [-0.25, -0.2) is 0 Å². The van der Waals surface area contributed by atoms with Gasteiger partial charge >= 0.3 is 0 Å². The quantitative estimate of drug-likeness (QED) is 0.146. The van der Waals surface area contributed by atoms with E-state index in [1.54, 1.807) is 0 Å². The largest absolute Gasteiger partial charge is 0.354 e. The van der Waals surface area contributed by atoms with Crippen molar-refractivity contribution in [1.29, 1.82) is 0 Å². The van der Waals surface area contributed by atoms with E-state index in [2.05, 4.69) is 282 Å². The van der Waals surface area contributed by atoms with Crippen molar-refractivity contribution < 1.29 is 0 Å². The molecule has 2 heterocycles. The van der Waals surface area contributed by atoms with E-state index in [0.717, 1.165) is 39.2 Å². The smallest absolute Gasteiger partial charge is 0.0554 e. The van der Waals surface area contributed by atoms with Gasteiger partial charge in [0.25, 0.3) is 0 Å². The Morgan fingerprint density at radius 2 is 0.937 bits per heavy atom. The van der Waals surface area contributed by atoms with Crippen LogP contribution in [0.4, 0.5) is 17.1 Å². The molecular weight excluding hydrogens is 955 g/mol. The fraction of sp³-hybridized carbons (Fsp3) is 0.132. The lowest BCUT2D eigenvalue weighted by molar-refractivity contribution is 0.602. The number of allylic oxidation sites excluding steroid dienone is 5. The van der Waals surface area contributed by atoms with Crippen LogP contribution in [-0.2, 0) is 16.2 Å². The minimum atomic E-state index is -0.351. The van der Waals surface area contributed by atoms with Crippen LogP contribution in [0.3, 0.4) is 0 Å². The van der Waals surface area contributed by atoms with E-state index >= 15 is 0 Å². The van der Waals surface area contributed by atoms with Gasteiger partial charge in [-0.3, -0.25) is 0 Å². The second kappa shape index (κ2) is 16.9. The zero-order chi connectivity index (χ0) is 53.7. The second-order valence-electron chi connectivity index (χ2n) is 23.7. The van der Waals surface area contributed by atoms with E-state index in [0.29, 0.717) is 0 Å². The van der Waals surface area contributed by atoms with Gasteiger partial charge in [-0.2, -0.15) is 0 Å². The topological polar surface area (TPSA) is 34.8 Å². The number of nitrogens with zero attached hydrogens (tertiary/aromatic N) is 1. The van der Waals surface area contributed by atoms with E-state index in [4.69, 9.17) is 0 Å². The van der Waals surface area contributed by atoms with Crippen LogP contribution in [0, 0.1) is 0 Å². The molecule has 380 valence electrons. The zero-order valence-corrected chi connectivity index (χ0v) is 45.9. The fourth-order valence-electron chi connectivity index (χ4n) is 14.8. The van der Waals surface area contributed by atoms with Crippen molar-refractivity contribution in [3.63, 3.8) is 0 Å². The summed E-state index contributed by atoms with van der Waals surface area (Å²) >= 11 is 0. The molecule has 0 spiro atoms. The first-order valence-electron chi connectivity index (χ1n) is 28.0. The Labute approximate surface area is 462 Å². The SMILES string of the molecule is C=C/C=C(\C(=C/C)c1cc2c(c3c1[nH]c1ccccc13)-c1ccc(N(c3ccc(-c4ccccc4)cc3)c3ccc4c(c3)C(C)(C)c3c5c(c6c([nH]c7ccccc76)c3-4)-c3ccccc3C5(C)C)cc1C2(C)C)c1ccccc1. The number of hydrogen-bond donors (Lipinski definition) is 2. The van der Waals surface area contributed by atoms with Gasteiger partial charge in [0.2, 0.25) is 0 Å². The van der Waals surface area contributed by atoms with Crippen LogP contribution in [0.2, 0.25) is 0 Å². The molecule has 0 unspecified atom stereocenters. The molecule has 0 amide bonds. The van der Waals surface area contributed by atoms with Crippen LogP contribution in [0.15, 0.2) is 225 Å². The third kappa shape index (κ3) is 6.54. The highest BCUT2D eigenvalue weighted by molar-refractivity contribution is 6.24. The zero-order valence-electron chi connectivity index (χ0n) is 45.9. The molecule has 0 radical (unpaired) electrons. The van der Waals surface area contributed by atoms with Gasteiger partial charge < -0.3 is 14.9 Å². The molecule has 15 rings (SSSR count). The summed E-state index contributed by atoms with van der Waals surface area (Å²) in [6.07, 6.45) is 6.35. The average Bonchev–Trinajstić information content (AvgIpc) is 2.07. The number of anilines is 3. The van der Waals surface area contributed by atoms with E-state index in [9.17, 15) is 0 Å². The fourth-order valence-corrected chi connectivity index (χ4v) is 14.8. The number of nitrogens with one attached hydrogen (secondary N) is 2. The third-order valence-corrected chi connectivity index (χ3v) is 18.4. The van der Waals surface area contributed by atoms with Crippen LogP contribution >= 0.6 is 0 Å². The highest BCUT2D eigenvalue weighted by Crippen LogP contribution is 2.64. The molecule has 0 bridgehead atoms. The van der Waals surface area contributed by atoms with Crippen molar-refractivity contribution in [2.75, 3.05) is 4.90 Å². The van der Waals surface area contributed by atoms with Crippen molar-refractivity contribution in [2.24, 2.45) is 0 Å². The highest BCUT2D eigenvalue weighted by Gasteiger charge is 2.48. The summed E-state index contributed by atoms with van der Waals surface area (Å²) in [5.41, 5.74) is 30.5. The molecule has 2 aromatic heterocycles. The standard InChI is InChI=1S/C76H61N3/c1-9-23-52(47-26-15-12-16-27-47)51(10-2)58-44-62-65(67-56-29-18-21-32-63(56)77-72(58)67)54-40-38-49(42-60(54)74(62,3)4)79(48-36-34-46(35-37-48)45-24-13-11-14-25-45)50-39-41-55-61(43-50)76(7,8)71-69(55)73-68(57-30-19-22-33-64(57)78-73)66-53-28-17-20-31-59(53)75(5,6)70(66)71/h9-44,77-78H,1H2,2-8H3/b51-10+,52-23-. The number of fused-ring (bicyclic) bond motifs is 19. The first kappa shape index (κ1) is 47.1. The molecule has 0 aliphatic heterocycles. The van der Waals surface area contributed by atoms with E-state index in [1.165, 1.54) is 122 Å². The minimum Gasteiger partial charge on any atom is -0.354 e. The van der Waals surface area contributed by atoms with Crippen LogP contribution in [-0.4, -0.2) is 9.97 Å². The Morgan fingerprint density at radius 1 is 0.430 bits per heavy atom. The van der Waals surface area contributed by atoms with Gasteiger partial charge in [0, 0.05) is 77.0 Å². The molecule has 0 fully saturated rings. The monoisotopic (exact) mass is 1020 g/mol. The lowest BCUT2D eigenvalue weighted by Crippen LogP contribution is -2.24. The molecule has 79 heavy (non-hydrogen) atoms. The molecule has 3 aliphatic carbocycles. The highest BCUT2D eigenvalue weighted by atomic mass is 15.1. The summed E-state index contributed by atoms with van der Waals surface area (Å²) in [7, 11) is 0. The number of benzene rings is 10. The second-order valence-corrected chi connectivity index (χ2v) is 23.7. The summed E-state index contributed by atoms with van der Waals surface area (Å²) in [5.74, 6) is 0. The molecule has 12 aromatic rings. The van der Waals surface area contributed by atoms with Crippen molar-refractivity contribution in [3.8, 4) is 44.5 Å². The van der Waals surface area contributed by atoms with Crippen LogP contribution < -0.4 is 4.90 Å². The summed E-state index contributed by atoms with van der Waals surface area (Å²) in [6.45, 7) is 21.0. The van der Waals surface area contributed by atoms with Crippen molar-refractivity contribution in [3.05, 3.63) is 270 Å². The van der Waals surface area contributed by atoms with E-state index in [-0.39, 0.29) is 16.2 Å². The number of para-hydroxylation sites is 2. The maximum atomic E-state index is 4.19. The average molecular weight is 1020 g/mol. The Balaban J connectivity index is 0.937. The van der Waals surface area contributed by atoms with Crippen LogP contribution in [0.25, 0.3) is 99.3 Å². The summed E-state index contributed by atoms with van der Waals surface area (Å²) in [6, 6.07) is 74.6. The Kier molecular flexibility index (Phi) is 10.1. The molecule has 2 N–H and O–H groups in total. The van der Waals surface area contributed by atoms with Gasteiger partial charge in [-0.15, -0.1) is 0 Å². The molecule has 3 aliphatic rings. The van der Waals surface area contributed by atoms with Gasteiger partial charge in [0.1, 0.15) is 0 Å². The van der Waals surface area contributed by atoms with Crippen LogP contribution in [0.5, 0.6) is 0 Å². The predicted octanol–water partition coefficient (Wildman–Crippen LogP) is 20.7. The molecule has 0 saturated heterocycles. The van der Waals surface area contributed by atoms with E-state index < -0.39 is 0 Å². The Bertz CT molecular complexity index is 4630. The summed E-state index contributed by atoms with van der Waals surface area (Å²) in [4.78, 5) is 10.5. The molecule has 10 aromatic carbocycles. The number of H-pyrrole nitrogens is 2. The number of aromatic nitrogens is 2. The van der Waals surface area contributed by atoms with E-state index in [1.807, 2.05) is 6.08 Å². The number of aromatic amines is 2. The maximum absolute atomic E-state index is 4.19. The first-order valence-corrected chi connectivity index (χ1v) is 28.0. The molecule has 0 atom stereocenters. The summed E-state index contributed by atoms with van der Waals surface area (Å²) in [5, 5.41) is 5.12. The van der Waals surface area contributed by atoms with Gasteiger partial charge in [-0.1, -0.05) is 212 Å². The Morgan fingerprint density at radius 3 is 1.59 bits per heavy atom. The lowest BCUT2D eigenvalue weighted by atomic mass is 9.72. The van der Waals surface area contributed by atoms with Gasteiger partial charge in [0.05, 0.1) is 11.0 Å². The summed E-state index contributed by atoms with van der Waals surface area (Å²) < 4.78 is 0. The maximum Gasteiger partial charge on any atom is 0.0554 e. The number of rotatable bonds is 8. The van der Waals surface area contributed by atoms with Gasteiger partial charge in [0.15, 0.2) is 0 Å². The van der Waals surface area contributed by atoms with Crippen molar-refractivity contribution >= 4 is 71.8 Å². The first-order chi connectivity index (χ1) is 38.4. The lowest BCUT2D eigenvalue weighted by Gasteiger charge is -2.32. The predicted molar refractivity (Wildman–Crippen MR) is 336 cm³/mol. The number of hydrogen-bond acceptors (Lipinski definition) is 1. The van der Waals surface area contributed by atoms with Gasteiger partial charge in [-0.05, 0) is 151 Å².